The first-order chi connectivity index (χ1) is 16.5. The van der Waals surface area contributed by atoms with Gasteiger partial charge in [0.2, 0.25) is 4.77 Å². The molecule has 9 heteroatoms. The number of piperazine rings is 1. The molecule has 0 saturated carbocycles. The maximum Gasteiger partial charge on any atom is 0.253 e. The van der Waals surface area contributed by atoms with Crippen LogP contribution in [0.4, 0.5) is 0 Å². The minimum Gasteiger partial charge on any atom is -0.497 e. The highest BCUT2D eigenvalue weighted by atomic mass is 32.1. The third-order valence-electron chi connectivity index (χ3n) is 6.41. The van der Waals surface area contributed by atoms with E-state index >= 15 is 0 Å². The molecule has 1 saturated heterocycles. The van der Waals surface area contributed by atoms with E-state index in [0.717, 1.165) is 46.7 Å². The Morgan fingerprint density at radius 3 is 2.32 bits per heavy atom. The number of fused-ring (bicyclic) bond motifs is 3. The van der Waals surface area contributed by atoms with E-state index in [9.17, 15) is 4.79 Å². The molecule has 0 bridgehead atoms. The zero-order valence-electron chi connectivity index (χ0n) is 19.5. The van der Waals surface area contributed by atoms with Crippen LogP contribution >= 0.6 is 12.2 Å². The Hall–Kier alpha value is -3.43. The molecule has 8 nitrogen and oxygen atoms in total. The van der Waals surface area contributed by atoms with Gasteiger partial charge in [-0.2, -0.15) is 5.10 Å². The van der Waals surface area contributed by atoms with E-state index in [1.54, 1.807) is 14.2 Å². The molecule has 1 aliphatic heterocycles. The fraction of sp³-hybridized carbons (Fsp3) is 0.320. The minimum absolute atomic E-state index is 0.0440. The van der Waals surface area contributed by atoms with E-state index < -0.39 is 0 Å². The lowest BCUT2D eigenvalue weighted by Gasteiger charge is -2.34. The van der Waals surface area contributed by atoms with Gasteiger partial charge in [-0.15, -0.1) is 0 Å². The lowest BCUT2D eigenvalue weighted by molar-refractivity contribution is 0.0585. The van der Waals surface area contributed by atoms with E-state index in [2.05, 4.69) is 24.0 Å². The Morgan fingerprint density at radius 1 is 0.971 bits per heavy atom. The van der Waals surface area contributed by atoms with Crippen molar-refractivity contribution in [3.8, 4) is 11.5 Å². The molecule has 2 aromatic heterocycles. The summed E-state index contributed by atoms with van der Waals surface area (Å²) >= 11 is 5.82. The number of ether oxygens (including phenoxy) is 2. The summed E-state index contributed by atoms with van der Waals surface area (Å²) in [6, 6.07) is 15.3. The Labute approximate surface area is 202 Å². The fourth-order valence-electron chi connectivity index (χ4n) is 4.46. The van der Waals surface area contributed by atoms with Crippen molar-refractivity contribution in [2.24, 2.45) is 0 Å². The summed E-state index contributed by atoms with van der Waals surface area (Å²) in [5, 5.41) is 5.91. The maximum absolute atomic E-state index is 12.9. The predicted molar refractivity (Wildman–Crippen MR) is 133 cm³/mol. The van der Waals surface area contributed by atoms with Gasteiger partial charge in [-0.05, 0) is 67.2 Å². The van der Waals surface area contributed by atoms with Crippen LogP contribution in [0.1, 0.15) is 15.9 Å². The Balaban J connectivity index is 1.33. The number of hydrogen-bond donors (Lipinski definition) is 0. The molecule has 0 N–H and O–H groups in total. The van der Waals surface area contributed by atoms with Gasteiger partial charge in [-0.1, -0.05) is 0 Å². The molecule has 3 heterocycles. The van der Waals surface area contributed by atoms with Crippen molar-refractivity contribution in [1.29, 1.82) is 0 Å². The average molecular weight is 478 g/mol. The molecule has 0 aliphatic carbocycles. The van der Waals surface area contributed by atoms with Gasteiger partial charge in [0.1, 0.15) is 11.5 Å². The van der Waals surface area contributed by atoms with Crippen LogP contribution < -0.4 is 9.47 Å². The molecule has 1 fully saturated rings. The molecule has 0 radical (unpaired) electrons. The first kappa shape index (κ1) is 22.4. The van der Waals surface area contributed by atoms with Gasteiger partial charge in [0.05, 0.1) is 26.4 Å². The van der Waals surface area contributed by atoms with Crippen LogP contribution in [0, 0.1) is 11.7 Å². The summed E-state index contributed by atoms with van der Waals surface area (Å²) in [6.07, 6.45) is 0. The number of benzene rings is 2. The highest BCUT2D eigenvalue weighted by molar-refractivity contribution is 7.71. The molecule has 4 aromatic rings. The number of nitrogens with zero attached hydrogens (tertiary/aromatic N) is 5. The van der Waals surface area contributed by atoms with Crippen LogP contribution in [0.15, 0.2) is 48.5 Å². The number of carbonyl (C=O) groups is 1. The van der Waals surface area contributed by atoms with Crippen molar-refractivity contribution in [2.45, 2.75) is 13.6 Å². The van der Waals surface area contributed by atoms with E-state index in [1.807, 2.05) is 50.4 Å². The van der Waals surface area contributed by atoms with Crippen LogP contribution in [-0.2, 0) is 6.67 Å². The second kappa shape index (κ2) is 9.08. The van der Waals surface area contributed by atoms with Crippen LogP contribution in [-0.4, -0.2) is 70.3 Å². The van der Waals surface area contributed by atoms with Gasteiger partial charge in [0.25, 0.3) is 5.91 Å². The normalized spacial score (nSPS) is 14.6. The van der Waals surface area contributed by atoms with Gasteiger partial charge >= 0.3 is 0 Å². The number of rotatable bonds is 5. The molecule has 0 spiro atoms. The second-order valence-electron chi connectivity index (χ2n) is 8.47. The van der Waals surface area contributed by atoms with Crippen molar-refractivity contribution < 1.29 is 14.3 Å². The Bertz CT molecular complexity index is 1420. The summed E-state index contributed by atoms with van der Waals surface area (Å²) in [5.41, 5.74) is 3.62. The molecule has 176 valence electrons. The van der Waals surface area contributed by atoms with Crippen LogP contribution in [0.5, 0.6) is 11.5 Å². The smallest absolute Gasteiger partial charge is 0.253 e. The van der Waals surface area contributed by atoms with Gasteiger partial charge in [0.15, 0.2) is 5.65 Å². The Morgan fingerprint density at radius 2 is 1.65 bits per heavy atom. The predicted octanol–water partition coefficient (Wildman–Crippen LogP) is 3.76. The lowest BCUT2D eigenvalue weighted by atomic mass is 10.1. The monoisotopic (exact) mass is 477 g/mol. The number of pyridine rings is 1. The van der Waals surface area contributed by atoms with Crippen molar-refractivity contribution in [1.82, 2.24) is 24.0 Å². The van der Waals surface area contributed by atoms with Gasteiger partial charge in [-0.25, -0.2) is 4.68 Å². The van der Waals surface area contributed by atoms with Crippen LogP contribution in [0.3, 0.4) is 0 Å². The van der Waals surface area contributed by atoms with Gasteiger partial charge in [-0.3, -0.25) is 14.1 Å². The highest BCUT2D eigenvalue weighted by Crippen LogP contribution is 2.26. The summed E-state index contributed by atoms with van der Waals surface area (Å²) in [7, 11) is 3.28. The van der Waals surface area contributed by atoms with E-state index in [-0.39, 0.29) is 5.91 Å². The second-order valence-corrected chi connectivity index (χ2v) is 8.83. The zero-order chi connectivity index (χ0) is 23.8. The fourth-order valence-corrected chi connectivity index (χ4v) is 4.75. The molecule has 1 amide bonds. The van der Waals surface area contributed by atoms with Gasteiger partial charge in [0, 0.05) is 43.2 Å². The summed E-state index contributed by atoms with van der Waals surface area (Å²) in [6.45, 7) is 5.48. The third-order valence-corrected chi connectivity index (χ3v) is 6.80. The minimum atomic E-state index is 0.0440. The van der Waals surface area contributed by atoms with Crippen molar-refractivity contribution >= 4 is 34.7 Å². The molecule has 1 aliphatic rings. The molecule has 5 rings (SSSR count). The number of carbonyl (C=O) groups excluding carboxylic acids is 1. The third kappa shape index (κ3) is 4.01. The van der Waals surface area contributed by atoms with Crippen molar-refractivity contribution in [3.05, 3.63) is 64.4 Å². The summed E-state index contributed by atoms with van der Waals surface area (Å²) in [4.78, 5) is 17.0. The molecule has 34 heavy (non-hydrogen) atoms. The van der Waals surface area contributed by atoms with E-state index in [1.165, 1.54) is 0 Å². The first-order valence-electron chi connectivity index (χ1n) is 11.2. The summed E-state index contributed by atoms with van der Waals surface area (Å²) in [5.74, 6) is 1.57. The molecule has 2 aromatic carbocycles. The summed E-state index contributed by atoms with van der Waals surface area (Å²) < 4.78 is 15.1. The van der Waals surface area contributed by atoms with Crippen LogP contribution in [0.25, 0.3) is 16.6 Å². The van der Waals surface area contributed by atoms with Crippen LogP contribution in [0.2, 0.25) is 0 Å². The molecule has 0 unspecified atom stereocenters. The molecule has 0 atom stereocenters. The topological polar surface area (TPSA) is 64.2 Å². The average Bonchev–Trinajstić information content (AvgIpc) is 3.18. The highest BCUT2D eigenvalue weighted by Gasteiger charge is 2.23. The van der Waals surface area contributed by atoms with Crippen molar-refractivity contribution in [2.75, 3.05) is 40.4 Å². The number of aromatic nitrogens is 3. The Kier molecular flexibility index (Phi) is 5.97. The van der Waals surface area contributed by atoms with Crippen molar-refractivity contribution in [3.63, 3.8) is 0 Å². The van der Waals surface area contributed by atoms with E-state index in [0.29, 0.717) is 30.1 Å². The number of aryl methyl sites for hydroxylation is 1. The largest absolute Gasteiger partial charge is 0.497 e. The standard InChI is InChI=1S/C25H27N5O3S/c1-17-14-23-26-29(25(34)30(23)22-15-20(33-3)8-9-21(17)22)16-27-10-12-28(13-11-27)24(31)18-4-6-19(32-2)7-5-18/h4-9,14-15H,10-13,16H2,1-3H3. The molecular weight excluding hydrogens is 450 g/mol. The number of amides is 1. The lowest BCUT2D eigenvalue weighted by Crippen LogP contribution is -2.49. The number of hydrogen-bond acceptors (Lipinski definition) is 6. The van der Waals surface area contributed by atoms with Gasteiger partial charge < -0.3 is 14.4 Å². The maximum atomic E-state index is 12.9. The molecular formula is C25H27N5O3S. The zero-order valence-corrected chi connectivity index (χ0v) is 20.3. The quantitative estimate of drug-likeness (QED) is 0.408. The first-order valence-corrected chi connectivity index (χ1v) is 11.6. The van der Waals surface area contributed by atoms with E-state index in [4.69, 9.17) is 26.8 Å². The SMILES string of the molecule is COc1ccc(C(=O)N2CCN(Cn3nc4cc(C)c5ccc(OC)cc5n4c3=S)CC2)cc1. The number of methoxy groups -OCH3 is 2.